The first-order valence-electron chi connectivity index (χ1n) is 9.13. The van der Waals surface area contributed by atoms with Crippen LogP contribution in [0.3, 0.4) is 0 Å². The third-order valence-electron chi connectivity index (χ3n) is 4.80. The molecule has 0 saturated heterocycles. The van der Waals surface area contributed by atoms with Gasteiger partial charge in [-0.15, -0.1) is 22.7 Å². The van der Waals surface area contributed by atoms with Gasteiger partial charge >= 0.3 is 0 Å². The van der Waals surface area contributed by atoms with E-state index in [1.165, 1.54) is 39.4 Å². The van der Waals surface area contributed by atoms with Crippen molar-refractivity contribution in [3.8, 4) is 21.8 Å². The van der Waals surface area contributed by atoms with E-state index in [-0.39, 0.29) is 5.91 Å². The minimum atomic E-state index is -0.187. The van der Waals surface area contributed by atoms with Crippen LogP contribution in [0.5, 0.6) is 0 Å². The maximum absolute atomic E-state index is 12.8. The lowest BCUT2D eigenvalue weighted by Crippen LogP contribution is -2.11. The van der Waals surface area contributed by atoms with Crippen molar-refractivity contribution < 1.29 is 4.79 Å². The fourth-order valence-electron chi connectivity index (χ4n) is 3.11. The highest BCUT2D eigenvalue weighted by Crippen LogP contribution is 2.31. The number of hydrogen-bond acceptors (Lipinski definition) is 6. The van der Waals surface area contributed by atoms with E-state index in [1.54, 1.807) is 10.9 Å². The molecule has 3 heterocycles. The van der Waals surface area contributed by atoms with Crippen molar-refractivity contribution in [2.75, 3.05) is 5.32 Å². The van der Waals surface area contributed by atoms with Gasteiger partial charge in [0.25, 0.3) is 5.91 Å². The maximum Gasteiger partial charge on any atom is 0.269 e. The summed E-state index contributed by atoms with van der Waals surface area (Å²) >= 11 is 2.79. The number of aryl methyl sites for hydroxylation is 5. The summed E-state index contributed by atoms with van der Waals surface area (Å²) in [5.41, 5.74) is 7.25. The van der Waals surface area contributed by atoms with Crippen LogP contribution in [0.1, 0.15) is 32.1 Å². The zero-order chi connectivity index (χ0) is 20.7. The van der Waals surface area contributed by atoms with E-state index in [2.05, 4.69) is 53.3 Å². The molecule has 148 valence electrons. The van der Waals surface area contributed by atoms with E-state index < -0.39 is 0 Å². The Morgan fingerprint density at radius 3 is 2.55 bits per heavy atom. The largest absolute Gasteiger partial charge is 0.297 e. The van der Waals surface area contributed by atoms with Crippen LogP contribution >= 0.6 is 22.7 Å². The number of nitrogens with zero attached hydrogens (tertiary/aromatic N) is 4. The lowest BCUT2D eigenvalue weighted by Gasteiger charge is -2.07. The molecule has 6 nitrogen and oxygen atoms in total. The normalized spacial score (nSPS) is 11.1. The number of carbonyl (C=O) groups excluding carboxylic acids is 1. The Morgan fingerprint density at radius 1 is 1.07 bits per heavy atom. The summed E-state index contributed by atoms with van der Waals surface area (Å²) in [6.45, 7) is 8.13. The highest BCUT2D eigenvalue weighted by Gasteiger charge is 2.18. The van der Waals surface area contributed by atoms with Gasteiger partial charge in [-0.05, 0) is 50.5 Å². The van der Waals surface area contributed by atoms with E-state index in [4.69, 9.17) is 0 Å². The fourth-order valence-corrected chi connectivity index (χ4v) is 4.75. The van der Waals surface area contributed by atoms with Gasteiger partial charge in [0.15, 0.2) is 5.13 Å². The number of aromatic nitrogens is 4. The third-order valence-corrected chi connectivity index (χ3v) is 6.76. The molecule has 0 radical (unpaired) electrons. The first-order chi connectivity index (χ1) is 13.8. The molecule has 3 aromatic heterocycles. The van der Waals surface area contributed by atoms with Crippen LogP contribution < -0.4 is 5.32 Å². The van der Waals surface area contributed by atoms with Gasteiger partial charge in [-0.25, -0.2) is 9.97 Å². The predicted molar refractivity (Wildman–Crippen MR) is 119 cm³/mol. The van der Waals surface area contributed by atoms with Gasteiger partial charge < -0.3 is 0 Å². The average Bonchev–Trinajstić information content (AvgIpc) is 3.38. The minimum absolute atomic E-state index is 0.187. The van der Waals surface area contributed by atoms with Gasteiger partial charge in [0.2, 0.25) is 0 Å². The van der Waals surface area contributed by atoms with E-state index >= 15 is 0 Å². The molecule has 4 rings (SSSR count). The summed E-state index contributed by atoms with van der Waals surface area (Å²) in [5, 5.41) is 10.4. The van der Waals surface area contributed by atoms with Gasteiger partial charge in [0.1, 0.15) is 9.88 Å². The monoisotopic (exact) mass is 423 g/mol. The molecule has 0 aliphatic carbocycles. The Hall–Kier alpha value is -2.84. The SMILES string of the molecule is Cc1cc(C)c(-c2csc(NC(=O)c3sc(-c4cnn(C)c4)nc3C)n2)cc1C. The number of rotatable bonds is 4. The number of anilines is 1. The van der Waals surface area contributed by atoms with Gasteiger partial charge in [-0.3, -0.25) is 14.8 Å². The highest BCUT2D eigenvalue weighted by molar-refractivity contribution is 7.17. The minimum Gasteiger partial charge on any atom is -0.297 e. The van der Waals surface area contributed by atoms with Crippen molar-refractivity contribution in [2.45, 2.75) is 27.7 Å². The second kappa shape index (κ2) is 7.53. The quantitative estimate of drug-likeness (QED) is 0.492. The third kappa shape index (κ3) is 3.86. The van der Waals surface area contributed by atoms with Gasteiger partial charge in [0.05, 0.1) is 17.6 Å². The molecule has 0 atom stereocenters. The van der Waals surface area contributed by atoms with Crippen LogP contribution in [0.25, 0.3) is 21.8 Å². The number of hydrogen-bond donors (Lipinski definition) is 1. The van der Waals surface area contributed by atoms with E-state index in [0.717, 1.165) is 21.8 Å². The smallest absolute Gasteiger partial charge is 0.269 e. The number of benzene rings is 1. The van der Waals surface area contributed by atoms with Crippen molar-refractivity contribution >= 4 is 33.7 Å². The Bertz CT molecular complexity index is 1220. The fraction of sp³-hybridized carbons (Fsp3) is 0.238. The van der Waals surface area contributed by atoms with Crippen LogP contribution in [0, 0.1) is 27.7 Å². The summed E-state index contributed by atoms with van der Waals surface area (Å²) in [6.07, 6.45) is 3.64. The summed E-state index contributed by atoms with van der Waals surface area (Å²) < 4.78 is 1.72. The molecule has 1 amide bonds. The lowest BCUT2D eigenvalue weighted by molar-refractivity contribution is 0.103. The number of thiazole rings is 2. The molecular weight excluding hydrogens is 402 g/mol. The molecular formula is C21H21N5OS2. The summed E-state index contributed by atoms with van der Waals surface area (Å²) in [5.74, 6) is -0.187. The van der Waals surface area contributed by atoms with Crippen molar-refractivity contribution in [1.82, 2.24) is 19.7 Å². The second-order valence-electron chi connectivity index (χ2n) is 7.08. The van der Waals surface area contributed by atoms with Crippen LogP contribution in [0.4, 0.5) is 5.13 Å². The molecule has 0 bridgehead atoms. The van der Waals surface area contributed by atoms with Crippen molar-refractivity contribution in [1.29, 1.82) is 0 Å². The summed E-state index contributed by atoms with van der Waals surface area (Å²) in [6, 6.07) is 4.32. The van der Waals surface area contributed by atoms with Crippen molar-refractivity contribution in [2.24, 2.45) is 7.05 Å². The lowest BCUT2D eigenvalue weighted by atomic mass is 9.99. The standard InChI is InChI=1S/C21H21N5OS2/c1-11-6-13(3)16(7-12(11)2)17-10-28-21(24-17)25-19(27)18-14(4)23-20(29-18)15-8-22-26(5)9-15/h6-10H,1-5H3,(H,24,25,27). The molecule has 0 aliphatic rings. The highest BCUT2D eigenvalue weighted by atomic mass is 32.1. The molecule has 1 aromatic carbocycles. The van der Waals surface area contributed by atoms with Gasteiger partial charge in [-0.1, -0.05) is 6.07 Å². The van der Waals surface area contributed by atoms with E-state index in [1.807, 2.05) is 25.5 Å². The number of amides is 1. The van der Waals surface area contributed by atoms with Crippen LogP contribution in [-0.4, -0.2) is 25.7 Å². The maximum atomic E-state index is 12.8. The van der Waals surface area contributed by atoms with E-state index in [0.29, 0.717) is 15.7 Å². The number of carbonyl (C=O) groups is 1. The Kier molecular flexibility index (Phi) is 5.06. The van der Waals surface area contributed by atoms with Crippen molar-refractivity contribution in [3.63, 3.8) is 0 Å². The molecule has 0 aliphatic heterocycles. The predicted octanol–water partition coefficient (Wildman–Crippen LogP) is 5.15. The molecule has 0 unspecified atom stereocenters. The zero-order valence-electron chi connectivity index (χ0n) is 16.9. The van der Waals surface area contributed by atoms with Crippen LogP contribution in [-0.2, 0) is 7.05 Å². The van der Waals surface area contributed by atoms with Gasteiger partial charge in [0, 0.05) is 29.8 Å². The molecule has 4 aromatic rings. The molecule has 1 N–H and O–H groups in total. The molecule has 0 spiro atoms. The van der Waals surface area contributed by atoms with Crippen LogP contribution in [0.15, 0.2) is 29.9 Å². The van der Waals surface area contributed by atoms with Crippen molar-refractivity contribution in [3.05, 3.63) is 57.2 Å². The molecule has 0 fully saturated rings. The Labute approximate surface area is 177 Å². The number of nitrogens with one attached hydrogen (secondary N) is 1. The first-order valence-corrected chi connectivity index (χ1v) is 10.8. The molecule has 29 heavy (non-hydrogen) atoms. The Balaban J connectivity index is 1.56. The zero-order valence-corrected chi connectivity index (χ0v) is 18.5. The molecule has 8 heteroatoms. The van der Waals surface area contributed by atoms with Crippen LogP contribution in [0.2, 0.25) is 0 Å². The first kappa shape index (κ1) is 19.5. The Morgan fingerprint density at radius 2 is 1.83 bits per heavy atom. The summed E-state index contributed by atoms with van der Waals surface area (Å²) in [4.78, 5) is 22.5. The topological polar surface area (TPSA) is 72.7 Å². The van der Waals surface area contributed by atoms with Gasteiger partial charge in [-0.2, -0.15) is 5.10 Å². The molecule has 0 saturated carbocycles. The van der Waals surface area contributed by atoms with E-state index in [9.17, 15) is 4.79 Å². The second-order valence-corrected chi connectivity index (χ2v) is 8.94. The summed E-state index contributed by atoms with van der Waals surface area (Å²) in [7, 11) is 1.86. The average molecular weight is 424 g/mol.